The molecule has 0 spiro atoms. The molecule has 2 saturated carbocycles. The van der Waals surface area contributed by atoms with Crippen LogP contribution >= 0.6 is 0 Å². The molecule has 0 heterocycles. The highest BCUT2D eigenvalue weighted by atomic mass is 16.5. The Bertz CT molecular complexity index is 225. The molecule has 0 amide bonds. The molecule has 2 nitrogen and oxygen atoms in total. The van der Waals surface area contributed by atoms with Crippen LogP contribution in [0.4, 0.5) is 0 Å². The van der Waals surface area contributed by atoms with Gasteiger partial charge in [0.05, 0.1) is 6.10 Å². The van der Waals surface area contributed by atoms with Gasteiger partial charge in [-0.25, -0.2) is 0 Å². The highest BCUT2D eigenvalue weighted by Gasteiger charge is 2.49. The van der Waals surface area contributed by atoms with Gasteiger partial charge in [-0.2, -0.15) is 0 Å². The standard InChI is InChI=1S/C14H27NO/c1-3-14(2)12(15)9-13(14)16-10-11-7-5-4-6-8-11/h11-13H,3-10,15H2,1-2H3. The molecule has 2 N–H and O–H groups in total. The smallest absolute Gasteiger partial charge is 0.0658 e. The van der Waals surface area contributed by atoms with Gasteiger partial charge in [-0.05, 0) is 31.6 Å². The topological polar surface area (TPSA) is 35.2 Å². The van der Waals surface area contributed by atoms with E-state index in [9.17, 15) is 0 Å². The molecule has 0 saturated heterocycles. The van der Waals surface area contributed by atoms with Crippen LogP contribution < -0.4 is 5.73 Å². The molecule has 16 heavy (non-hydrogen) atoms. The first kappa shape index (κ1) is 12.4. The third kappa shape index (κ3) is 2.28. The van der Waals surface area contributed by atoms with E-state index in [2.05, 4.69) is 13.8 Å². The van der Waals surface area contributed by atoms with Crippen molar-refractivity contribution in [1.29, 1.82) is 0 Å². The second-order valence-electron chi connectivity index (χ2n) is 6.03. The Morgan fingerprint density at radius 3 is 2.50 bits per heavy atom. The van der Waals surface area contributed by atoms with Crippen LogP contribution in [-0.4, -0.2) is 18.8 Å². The number of ether oxygens (including phenoxy) is 1. The summed E-state index contributed by atoms with van der Waals surface area (Å²) in [7, 11) is 0. The fraction of sp³-hybridized carbons (Fsp3) is 1.00. The highest BCUT2D eigenvalue weighted by molar-refractivity contribution is 5.03. The number of hydrogen-bond donors (Lipinski definition) is 1. The third-order valence-corrected chi connectivity index (χ3v) is 5.07. The lowest BCUT2D eigenvalue weighted by Gasteiger charge is -2.52. The number of rotatable bonds is 4. The van der Waals surface area contributed by atoms with Crippen molar-refractivity contribution in [3.63, 3.8) is 0 Å². The Hall–Kier alpha value is -0.0800. The van der Waals surface area contributed by atoms with E-state index in [-0.39, 0.29) is 5.41 Å². The Kier molecular flexibility index (Phi) is 3.91. The minimum atomic E-state index is 0.245. The minimum absolute atomic E-state index is 0.245. The molecular weight excluding hydrogens is 198 g/mol. The number of nitrogens with two attached hydrogens (primary N) is 1. The molecule has 0 aromatic rings. The van der Waals surface area contributed by atoms with Crippen LogP contribution in [0.2, 0.25) is 0 Å². The molecule has 2 rings (SSSR count). The summed E-state index contributed by atoms with van der Waals surface area (Å²) in [5.74, 6) is 0.826. The Labute approximate surface area is 99.9 Å². The molecule has 0 radical (unpaired) electrons. The molecule has 0 aromatic carbocycles. The molecule has 0 aliphatic heterocycles. The van der Waals surface area contributed by atoms with Crippen LogP contribution in [0.5, 0.6) is 0 Å². The molecule has 2 aliphatic rings. The lowest BCUT2D eigenvalue weighted by atomic mass is 9.62. The predicted octanol–water partition coefficient (Wildman–Crippen LogP) is 3.10. The van der Waals surface area contributed by atoms with E-state index in [1.54, 1.807) is 0 Å². The first-order valence-electron chi connectivity index (χ1n) is 7.04. The van der Waals surface area contributed by atoms with Crippen molar-refractivity contribution in [2.45, 2.75) is 70.9 Å². The number of hydrogen-bond acceptors (Lipinski definition) is 2. The molecule has 0 aromatic heterocycles. The molecule has 2 aliphatic carbocycles. The Morgan fingerprint density at radius 1 is 1.25 bits per heavy atom. The summed E-state index contributed by atoms with van der Waals surface area (Å²) in [6, 6.07) is 0.355. The van der Waals surface area contributed by atoms with Crippen molar-refractivity contribution in [2.24, 2.45) is 17.1 Å². The van der Waals surface area contributed by atoms with E-state index < -0.39 is 0 Å². The SMILES string of the molecule is CCC1(C)C(N)CC1OCC1CCCCC1. The normalized spacial score (nSPS) is 40.7. The summed E-state index contributed by atoms with van der Waals surface area (Å²) in [5.41, 5.74) is 6.33. The van der Waals surface area contributed by atoms with Crippen molar-refractivity contribution < 1.29 is 4.74 Å². The van der Waals surface area contributed by atoms with E-state index in [4.69, 9.17) is 10.5 Å². The maximum Gasteiger partial charge on any atom is 0.0658 e. The first-order chi connectivity index (χ1) is 7.66. The highest BCUT2D eigenvalue weighted by Crippen LogP contribution is 2.45. The van der Waals surface area contributed by atoms with Gasteiger partial charge in [-0.1, -0.05) is 33.1 Å². The second kappa shape index (κ2) is 5.05. The van der Waals surface area contributed by atoms with Crippen molar-refractivity contribution in [3.8, 4) is 0 Å². The third-order valence-electron chi connectivity index (χ3n) is 5.07. The van der Waals surface area contributed by atoms with Gasteiger partial charge in [-0.15, -0.1) is 0 Å². The maximum absolute atomic E-state index is 6.11. The molecule has 0 bridgehead atoms. The summed E-state index contributed by atoms with van der Waals surface area (Å²) in [4.78, 5) is 0. The summed E-state index contributed by atoms with van der Waals surface area (Å²) < 4.78 is 6.11. The van der Waals surface area contributed by atoms with Gasteiger partial charge in [0, 0.05) is 18.1 Å². The van der Waals surface area contributed by atoms with E-state index >= 15 is 0 Å². The van der Waals surface area contributed by atoms with Gasteiger partial charge in [0.2, 0.25) is 0 Å². The molecule has 3 unspecified atom stereocenters. The monoisotopic (exact) mass is 225 g/mol. The van der Waals surface area contributed by atoms with Crippen molar-refractivity contribution >= 4 is 0 Å². The average Bonchev–Trinajstić information content (AvgIpc) is 2.34. The average molecular weight is 225 g/mol. The van der Waals surface area contributed by atoms with Crippen LogP contribution in [0, 0.1) is 11.3 Å². The lowest BCUT2D eigenvalue weighted by Crippen LogP contribution is -2.60. The zero-order valence-electron chi connectivity index (χ0n) is 10.9. The van der Waals surface area contributed by atoms with Crippen molar-refractivity contribution in [3.05, 3.63) is 0 Å². The van der Waals surface area contributed by atoms with E-state index in [0.717, 1.165) is 25.4 Å². The largest absolute Gasteiger partial charge is 0.377 e. The van der Waals surface area contributed by atoms with Crippen molar-refractivity contribution in [1.82, 2.24) is 0 Å². The van der Waals surface area contributed by atoms with Crippen LogP contribution in [0.3, 0.4) is 0 Å². The quantitative estimate of drug-likeness (QED) is 0.798. The Balaban J connectivity index is 1.74. The fourth-order valence-electron chi connectivity index (χ4n) is 3.20. The Morgan fingerprint density at radius 2 is 1.94 bits per heavy atom. The summed E-state index contributed by atoms with van der Waals surface area (Å²) in [6.45, 7) is 5.50. The van der Waals surface area contributed by atoms with Gasteiger partial charge < -0.3 is 10.5 Å². The fourth-order valence-corrected chi connectivity index (χ4v) is 3.20. The van der Waals surface area contributed by atoms with Crippen LogP contribution in [0.15, 0.2) is 0 Å². The van der Waals surface area contributed by atoms with Gasteiger partial charge in [0.15, 0.2) is 0 Å². The maximum atomic E-state index is 6.11. The lowest BCUT2D eigenvalue weighted by molar-refractivity contribution is -0.129. The summed E-state index contributed by atoms with van der Waals surface area (Å²) in [5, 5.41) is 0. The van der Waals surface area contributed by atoms with E-state index in [0.29, 0.717) is 12.1 Å². The second-order valence-corrected chi connectivity index (χ2v) is 6.03. The van der Waals surface area contributed by atoms with Crippen molar-refractivity contribution in [2.75, 3.05) is 6.61 Å². The molecule has 2 heteroatoms. The molecule has 2 fully saturated rings. The van der Waals surface area contributed by atoms with E-state index in [1.807, 2.05) is 0 Å². The molecular formula is C14H27NO. The predicted molar refractivity (Wildman–Crippen MR) is 67.3 cm³/mol. The van der Waals surface area contributed by atoms with Gasteiger partial charge in [0.1, 0.15) is 0 Å². The zero-order valence-corrected chi connectivity index (χ0v) is 10.9. The van der Waals surface area contributed by atoms with Gasteiger partial charge in [-0.3, -0.25) is 0 Å². The summed E-state index contributed by atoms with van der Waals surface area (Å²) >= 11 is 0. The molecule has 3 atom stereocenters. The zero-order chi connectivity index (χ0) is 11.6. The van der Waals surface area contributed by atoms with Crippen LogP contribution in [-0.2, 0) is 4.74 Å². The van der Waals surface area contributed by atoms with E-state index in [1.165, 1.54) is 32.1 Å². The first-order valence-corrected chi connectivity index (χ1v) is 7.04. The van der Waals surface area contributed by atoms with Crippen LogP contribution in [0.1, 0.15) is 58.8 Å². The summed E-state index contributed by atoms with van der Waals surface area (Å²) in [6.07, 6.45) is 9.63. The molecule has 94 valence electrons. The van der Waals surface area contributed by atoms with Crippen LogP contribution in [0.25, 0.3) is 0 Å². The minimum Gasteiger partial charge on any atom is -0.377 e. The van der Waals surface area contributed by atoms with Gasteiger partial charge >= 0.3 is 0 Å². The van der Waals surface area contributed by atoms with Gasteiger partial charge in [0.25, 0.3) is 0 Å².